The Morgan fingerprint density at radius 1 is 0.913 bits per heavy atom. The normalized spacial score (nSPS) is 15.7. The first kappa shape index (κ1) is 31.4. The molecule has 238 valence electrons. The quantitative estimate of drug-likeness (QED) is 0.112. The number of rotatable bonds is 11. The molecule has 0 radical (unpaired) electrons. The molecule has 7 nitrogen and oxygen atoms in total. The molecular formula is C36H40BF2N5O2. The van der Waals surface area contributed by atoms with Gasteiger partial charge >= 0.3 is 6.97 Å². The Morgan fingerprint density at radius 2 is 1.57 bits per heavy atom. The minimum Gasteiger partial charge on any atom is -0.394 e. The highest BCUT2D eigenvalue weighted by Crippen LogP contribution is 2.34. The van der Waals surface area contributed by atoms with Crippen molar-refractivity contribution in [1.29, 1.82) is 0 Å². The molecule has 1 aromatic heterocycles. The molecule has 0 bridgehead atoms. The average Bonchev–Trinajstić information content (AvgIpc) is 3.58. The summed E-state index contributed by atoms with van der Waals surface area (Å²) in [6, 6.07) is 20.1. The zero-order valence-corrected chi connectivity index (χ0v) is 26.7. The fourth-order valence-corrected chi connectivity index (χ4v) is 6.87. The number of nitrogens with one attached hydrogen (secondary N) is 3. The third-order valence-corrected chi connectivity index (χ3v) is 9.09. The van der Waals surface area contributed by atoms with Crippen LogP contribution in [-0.4, -0.2) is 52.6 Å². The van der Waals surface area contributed by atoms with E-state index in [0.717, 1.165) is 41.6 Å². The Morgan fingerprint density at radius 3 is 2.24 bits per heavy atom. The van der Waals surface area contributed by atoms with Gasteiger partial charge in [0.05, 0.1) is 6.04 Å². The molecule has 10 heteroatoms. The van der Waals surface area contributed by atoms with Crippen molar-refractivity contribution in [3.63, 3.8) is 0 Å². The second kappa shape index (κ2) is 12.7. The van der Waals surface area contributed by atoms with Crippen molar-refractivity contribution in [2.75, 3.05) is 13.1 Å². The summed E-state index contributed by atoms with van der Waals surface area (Å²) in [7, 11) is 0. The molecule has 1 atom stereocenters. The minimum atomic E-state index is -4.06. The lowest BCUT2D eigenvalue weighted by Gasteiger charge is -2.30. The molecule has 46 heavy (non-hydrogen) atoms. The standard InChI is InChI=1S/C36H40BF2N5O2/c1-23(2)35(42-22-32-30-11-7-5-9-26(30)20-27-10-6-8-12-31(27)32)36(46)41-18-17-40-34(45)16-15-28-13-14-29-21-33-24(3)19-25(4)43(33)37(38,39)44(28)29/h5-14,19-21,23,35,42H,15-18,22H2,1-4H3,(H,40,45)(H,41,46). The molecule has 0 aliphatic carbocycles. The molecule has 3 heterocycles. The lowest BCUT2D eigenvalue weighted by molar-refractivity contribution is -0.362. The van der Waals surface area contributed by atoms with Gasteiger partial charge in [-0.15, -0.1) is 0 Å². The van der Waals surface area contributed by atoms with Crippen molar-refractivity contribution in [3.8, 4) is 0 Å². The van der Waals surface area contributed by atoms with Crippen LogP contribution < -0.4 is 16.0 Å². The van der Waals surface area contributed by atoms with Crippen molar-refractivity contribution >= 4 is 52.1 Å². The lowest BCUT2D eigenvalue weighted by atomic mass is 9.90. The number of allylic oxidation sites excluding steroid dienone is 2. The van der Waals surface area contributed by atoms with E-state index in [0.29, 0.717) is 29.3 Å². The van der Waals surface area contributed by atoms with Gasteiger partial charge in [0.25, 0.3) is 0 Å². The van der Waals surface area contributed by atoms with Crippen LogP contribution in [0.4, 0.5) is 8.63 Å². The van der Waals surface area contributed by atoms with Gasteiger partial charge in [-0.25, -0.2) is 0 Å². The number of benzene rings is 3. The number of fused-ring (bicyclic) bond motifs is 4. The third-order valence-electron chi connectivity index (χ3n) is 9.09. The van der Waals surface area contributed by atoms with Crippen molar-refractivity contribution in [2.45, 2.75) is 53.1 Å². The van der Waals surface area contributed by atoms with E-state index in [1.54, 1.807) is 31.2 Å². The second-order valence-corrected chi connectivity index (χ2v) is 12.6. The van der Waals surface area contributed by atoms with E-state index < -0.39 is 13.0 Å². The zero-order chi connectivity index (χ0) is 32.6. The summed E-state index contributed by atoms with van der Waals surface area (Å²) in [6.07, 6.45) is 5.38. The number of nitrogens with zero attached hydrogens (tertiary/aromatic N) is 2. The summed E-state index contributed by atoms with van der Waals surface area (Å²) < 4.78 is 33.5. The first-order valence-electron chi connectivity index (χ1n) is 16.0. The van der Waals surface area contributed by atoms with Gasteiger partial charge in [0.2, 0.25) is 11.8 Å². The molecule has 0 saturated heterocycles. The van der Waals surface area contributed by atoms with Gasteiger partial charge in [0.15, 0.2) is 5.70 Å². The van der Waals surface area contributed by atoms with E-state index in [4.69, 9.17) is 0 Å². The first-order chi connectivity index (χ1) is 22.1. The third kappa shape index (κ3) is 5.89. The van der Waals surface area contributed by atoms with Crippen LogP contribution in [0, 0.1) is 19.8 Å². The zero-order valence-electron chi connectivity index (χ0n) is 26.7. The minimum absolute atomic E-state index is 0.0381. The van der Waals surface area contributed by atoms with E-state index in [1.807, 2.05) is 45.0 Å². The van der Waals surface area contributed by atoms with Crippen LogP contribution in [0.5, 0.6) is 0 Å². The predicted molar refractivity (Wildman–Crippen MR) is 182 cm³/mol. The Kier molecular flexibility index (Phi) is 8.66. The van der Waals surface area contributed by atoms with Crippen LogP contribution in [0.3, 0.4) is 0 Å². The molecule has 2 amide bonds. The number of hydrogen-bond donors (Lipinski definition) is 3. The predicted octanol–water partition coefficient (Wildman–Crippen LogP) is 5.84. The van der Waals surface area contributed by atoms with Crippen LogP contribution in [0.1, 0.15) is 49.2 Å². The maximum absolute atomic E-state index is 15.6. The lowest BCUT2D eigenvalue weighted by Crippen LogP contribution is -2.50. The molecule has 2 aliphatic heterocycles. The van der Waals surface area contributed by atoms with Gasteiger partial charge in [-0.3, -0.25) is 9.59 Å². The number of aryl methyl sites for hydroxylation is 2. The van der Waals surface area contributed by atoms with E-state index in [2.05, 4.69) is 46.3 Å². The maximum atomic E-state index is 15.6. The highest BCUT2D eigenvalue weighted by molar-refractivity contribution is 6.58. The summed E-state index contributed by atoms with van der Waals surface area (Å²) in [4.78, 5) is 25.8. The van der Waals surface area contributed by atoms with Gasteiger partial charge in [0, 0.05) is 56.4 Å². The van der Waals surface area contributed by atoms with Crippen molar-refractivity contribution in [3.05, 3.63) is 101 Å². The van der Waals surface area contributed by atoms with Gasteiger partial charge in [-0.2, -0.15) is 0 Å². The van der Waals surface area contributed by atoms with Crippen molar-refractivity contribution in [2.24, 2.45) is 5.92 Å². The molecule has 2 aliphatic rings. The molecule has 3 N–H and O–H groups in total. The summed E-state index contributed by atoms with van der Waals surface area (Å²) in [5.41, 5.74) is 3.86. The fraction of sp³-hybridized carbons (Fsp3) is 0.306. The maximum Gasteiger partial charge on any atom is 0.737 e. The molecule has 0 fully saturated rings. The Balaban J connectivity index is 1.02. The SMILES string of the molecule is Cc1cc(C)n2c1C=C1C=CC(CCC(=O)NCCNC(=O)C(NCc3c4ccccc4cc4ccccc34)C(C)C)=[N+]1[B-]2(F)F. The molecule has 0 spiro atoms. The number of halogens is 2. The van der Waals surface area contributed by atoms with Crippen LogP contribution in [0.25, 0.3) is 27.6 Å². The number of amides is 2. The van der Waals surface area contributed by atoms with Crippen LogP contribution in [0.15, 0.2) is 78.5 Å². The van der Waals surface area contributed by atoms with Crippen LogP contribution in [-0.2, 0) is 16.1 Å². The van der Waals surface area contributed by atoms with E-state index in [-0.39, 0.29) is 43.7 Å². The Bertz CT molecular complexity index is 1890. The Hall–Kier alpha value is -4.57. The molecule has 3 aromatic carbocycles. The summed E-state index contributed by atoms with van der Waals surface area (Å²) in [5, 5.41) is 13.9. The number of aromatic nitrogens is 1. The largest absolute Gasteiger partial charge is 0.737 e. The van der Waals surface area contributed by atoms with Gasteiger partial charge < -0.3 is 33.5 Å². The smallest absolute Gasteiger partial charge is 0.394 e. The molecular weight excluding hydrogens is 583 g/mol. The average molecular weight is 624 g/mol. The molecule has 1 unspecified atom stereocenters. The Labute approximate surface area is 268 Å². The first-order valence-corrected chi connectivity index (χ1v) is 16.0. The van der Waals surface area contributed by atoms with E-state index in [1.165, 1.54) is 0 Å². The highest BCUT2D eigenvalue weighted by Gasteiger charge is 2.52. The fourth-order valence-electron chi connectivity index (χ4n) is 6.87. The summed E-state index contributed by atoms with van der Waals surface area (Å²) >= 11 is 0. The van der Waals surface area contributed by atoms with Gasteiger partial charge in [0.1, 0.15) is 5.71 Å². The monoisotopic (exact) mass is 623 g/mol. The number of carbonyl (C=O) groups excluding carboxylic acids is 2. The van der Waals surface area contributed by atoms with E-state index >= 15 is 8.63 Å². The van der Waals surface area contributed by atoms with Crippen molar-refractivity contribution < 1.29 is 22.7 Å². The van der Waals surface area contributed by atoms with Crippen molar-refractivity contribution in [1.82, 2.24) is 20.4 Å². The summed E-state index contributed by atoms with van der Waals surface area (Å²) in [6.45, 7) is 4.51. The number of carbonyl (C=O) groups is 2. The van der Waals surface area contributed by atoms with Crippen LogP contribution >= 0.6 is 0 Å². The van der Waals surface area contributed by atoms with Crippen LogP contribution in [0.2, 0.25) is 0 Å². The molecule has 6 rings (SSSR count). The highest BCUT2D eigenvalue weighted by atomic mass is 19.2. The van der Waals surface area contributed by atoms with E-state index in [9.17, 15) is 9.59 Å². The molecule has 4 aromatic rings. The molecule has 0 saturated carbocycles. The summed E-state index contributed by atoms with van der Waals surface area (Å²) in [5.74, 6) is -0.351. The topological polar surface area (TPSA) is 78.2 Å². The second-order valence-electron chi connectivity index (χ2n) is 12.6. The van der Waals surface area contributed by atoms with Gasteiger partial charge in [-0.1, -0.05) is 62.4 Å². The van der Waals surface area contributed by atoms with Gasteiger partial charge in [-0.05, 0) is 70.3 Å². The number of hydrogen-bond acceptors (Lipinski definition) is 3.